The van der Waals surface area contributed by atoms with Crippen LogP contribution in [0.5, 0.6) is 0 Å². The summed E-state index contributed by atoms with van der Waals surface area (Å²) >= 11 is 1.39. The van der Waals surface area contributed by atoms with Gasteiger partial charge in [0.1, 0.15) is 22.3 Å². The van der Waals surface area contributed by atoms with Crippen LogP contribution in [-0.4, -0.2) is 30.9 Å². The highest BCUT2D eigenvalue weighted by Crippen LogP contribution is 2.18. The average molecular weight is 252 g/mol. The van der Waals surface area contributed by atoms with Crippen LogP contribution in [0, 0.1) is 13.8 Å². The Labute approximate surface area is 104 Å². The largest absolute Gasteiger partial charge is 0.374 e. The summed E-state index contributed by atoms with van der Waals surface area (Å²) in [7, 11) is 0. The highest BCUT2D eigenvalue weighted by Gasteiger charge is 2.10. The second kappa shape index (κ2) is 5.22. The molecule has 2 aromatic heterocycles. The first kappa shape index (κ1) is 12.0. The van der Waals surface area contributed by atoms with Crippen molar-refractivity contribution in [2.24, 2.45) is 0 Å². The quantitative estimate of drug-likeness (QED) is 0.875. The molecule has 2 rings (SSSR count). The fourth-order valence-corrected chi connectivity index (χ4v) is 2.14. The third-order valence-corrected chi connectivity index (χ3v) is 3.08. The highest BCUT2D eigenvalue weighted by molar-refractivity contribution is 7.10. The first-order valence-corrected chi connectivity index (χ1v) is 6.41. The number of aryl methyl sites for hydroxylation is 2. The number of rotatable bonds is 5. The maximum absolute atomic E-state index is 4.32. The van der Waals surface area contributed by atoms with Gasteiger partial charge in [0, 0.05) is 18.1 Å². The molecule has 0 atom stereocenters. The van der Waals surface area contributed by atoms with E-state index in [0.29, 0.717) is 6.54 Å². The van der Waals surface area contributed by atoms with E-state index in [1.165, 1.54) is 11.5 Å². The summed E-state index contributed by atoms with van der Waals surface area (Å²) < 4.78 is 5.83. The van der Waals surface area contributed by atoms with Crippen LogP contribution in [0.25, 0.3) is 0 Å². The van der Waals surface area contributed by atoms with E-state index >= 15 is 0 Å². The van der Waals surface area contributed by atoms with Gasteiger partial charge in [0.2, 0.25) is 0 Å². The van der Waals surface area contributed by atoms with Crippen LogP contribution in [0.3, 0.4) is 0 Å². The van der Waals surface area contributed by atoms with Crippen molar-refractivity contribution in [3.8, 4) is 0 Å². The smallest absolute Gasteiger partial charge is 0.147 e. The van der Waals surface area contributed by atoms with Crippen molar-refractivity contribution < 1.29 is 0 Å². The third kappa shape index (κ3) is 2.79. The SMILES string of the molecule is CCCNc1snnc1Cn1nc(C)nc1C. The second-order valence-corrected chi connectivity index (χ2v) is 4.59. The van der Waals surface area contributed by atoms with Crippen molar-refractivity contribution in [1.82, 2.24) is 24.4 Å². The van der Waals surface area contributed by atoms with E-state index in [1.807, 2.05) is 18.5 Å². The molecule has 0 aliphatic heterocycles. The van der Waals surface area contributed by atoms with Crippen molar-refractivity contribution in [2.75, 3.05) is 11.9 Å². The lowest BCUT2D eigenvalue weighted by atomic mass is 10.4. The summed E-state index contributed by atoms with van der Waals surface area (Å²) in [5, 5.41) is 12.8. The van der Waals surface area contributed by atoms with Crippen molar-refractivity contribution in [3.63, 3.8) is 0 Å². The van der Waals surface area contributed by atoms with E-state index in [4.69, 9.17) is 0 Å². The van der Waals surface area contributed by atoms with Crippen LogP contribution in [0.4, 0.5) is 5.00 Å². The Kier molecular flexibility index (Phi) is 3.68. The molecule has 92 valence electrons. The first-order valence-electron chi connectivity index (χ1n) is 5.64. The van der Waals surface area contributed by atoms with Crippen molar-refractivity contribution in [2.45, 2.75) is 33.7 Å². The summed E-state index contributed by atoms with van der Waals surface area (Å²) in [5.41, 5.74) is 0.927. The summed E-state index contributed by atoms with van der Waals surface area (Å²) in [4.78, 5) is 4.27. The van der Waals surface area contributed by atoms with Gasteiger partial charge in [-0.3, -0.25) is 0 Å². The number of nitrogens with zero attached hydrogens (tertiary/aromatic N) is 5. The van der Waals surface area contributed by atoms with Gasteiger partial charge in [0.25, 0.3) is 0 Å². The molecule has 0 spiro atoms. The van der Waals surface area contributed by atoms with Gasteiger partial charge < -0.3 is 5.32 Å². The zero-order chi connectivity index (χ0) is 12.3. The number of anilines is 1. The topological polar surface area (TPSA) is 68.5 Å². The van der Waals surface area contributed by atoms with E-state index in [2.05, 4.69) is 31.9 Å². The molecular formula is C10H16N6S. The number of nitrogens with one attached hydrogen (secondary N) is 1. The molecule has 1 N–H and O–H groups in total. The van der Waals surface area contributed by atoms with Crippen molar-refractivity contribution in [3.05, 3.63) is 17.3 Å². The third-order valence-electron chi connectivity index (χ3n) is 2.35. The second-order valence-electron chi connectivity index (χ2n) is 3.84. The van der Waals surface area contributed by atoms with Crippen molar-refractivity contribution >= 4 is 16.5 Å². The summed E-state index contributed by atoms with van der Waals surface area (Å²) in [5.74, 6) is 1.69. The van der Waals surface area contributed by atoms with E-state index in [9.17, 15) is 0 Å². The van der Waals surface area contributed by atoms with Crippen LogP contribution in [-0.2, 0) is 6.54 Å². The summed E-state index contributed by atoms with van der Waals surface area (Å²) in [6.45, 7) is 7.52. The lowest BCUT2D eigenvalue weighted by Crippen LogP contribution is -2.08. The van der Waals surface area contributed by atoms with Gasteiger partial charge in [-0.2, -0.15) is 5.10 Å². The van der Waals surface area contributed by atoms with Crippen LogP contribution in [0.1, 0.15) is 30.7 Å². The van der Waals surface area contributed by atoms with E-state index in [0.717, 1.165) is 35.3 Å². The normalized spacial score (nSPS) is 10.8. The molecule has 17 heavy (non-hydrogen) atoms. The van der Waals surface area contributed by atoms with Gasteiger partial charge in [-0.25, -0.2) is 9.67 Å². The molecule has 0 saturated carbocycles. The molecule has 6 nitrogen and oxygen atoms in total. The molecule has 0 radical (unpaired) electrons. The van der Waals surface area contributed by atoms with Gasteiger partial charge in [-0.1, -0.05) is 11.4 Å². The molecule has 0 saturated heterocycles. The molecule has 2 heterocycles. The maximum Gasteiger partial charge on any atom is 0.147 e. The molecule has 2 aromatic rings. The minimum atomic E-state index is 0.620. The van der Waals surface area contributed by atoms with E-state index < -0.39 is 0 Å². The molecule has 0 aliphatic carbocycles. The Morgan fingerprint density at radius 2 is 2.18 bits per heavy atom. The van der Waals surface area contributed by atoms with Gasteiger partial charge in [-0.05, 0) is 20.3 Å². The Balaban J connectivity index is 2.13. The van der Waals surface area contributed by atoms with Gasteiger partial charge in [-0.15, -0.1) is 5.10 Å². The Morgan fingerprint density at radius 1 is 1.35 bits per heavy atom. The molecule has 0 unspecified atom stereocenters. The fourth-order valence-electron chi connectivity index (χ4n) is 1.54. The molecular weight excluding hydrogens is 236 g/mol. The number of aromatic nitrogens is 5. The molecule has 0 amide bonds. The predicted molar refractivity (Wildman–Crippen MR) is 67.3 cm³/mol. The summed E-state index contributed by atoms with van der Waals surface area (Å²) in [6, 6.07) is 0. The molecule has 0 aliphatic rings. The zero-order valence-corrected chi connectivity index (χ0v) is 11.1. The van der Waals surface area contributed by atoms with Gasteiger partial charge in [0.05, 0.1) is 6.54 Å². The number of hydrogen-bond donors (Lipinski definition) is 1. The lowest BCUT2D eigenvalue weighted by Gasteiger charge is -2.04. The standard InChI is InChI=1S/C10H16N6S/c1-4-5-11-10-9(13-15-17-10)6-16-8(3)12-7(2)14-16/h11H,4-6H2,1-3H3. The number of hydrogen-bond acceptors (Lipinski definition) is 6. The fraction of sp³-hybridized carbons (Fsp3) is 0.600. The maximum atomic E-state index is 4.32. The van der Waals surface area contributed by atoms with E-state index in [1.54, 1.807) is 0 Å². The molecule has 0 fully saturated rings. The first-order chi connectivity index (χ1) is 8.20. The Morgan fingerprint density at radius 3 is 2.82 bits per heavy atom. The minimum Gasteiger partial charge on any atom is -0.374 e. The molecule has 7 heteroatoms. The van der Waals surface area contributed by atoms with E-state index in [-0.39, 0.29) is 0 Å². The Hall–Kier alpha value is -1.50. The highest BCUT2D eigenvalue weighted by atomic mass is 32.1. The monoisotopic (exact) mass is 252 g/mol. The minimum absolute atomic E-state index is 0.620. The van der Waals surface area contributed by atoms with Crippen LogP contribution >= 0.6 is 11.5 Å². The van der Waals surface area contributed by atoms with Crippen molar-refractivity contribution in [1.29, 1.82) is 0 Å². The lowest BCUT2D eigenvalue weighted by molar-refractivity contribution is 0.643. The van der Waals surface area contributed by atoms with Gasteiger partial charge >= 0.3 is 0 Å². The summed E-state index contributed by atoms with van der Waals surface area (Å²) in [6.07, 6.45) is 1.08. The van der Waals surface area contributed by atoms with Crippen LogP contribution < -0.4 is 5.32 Å². The van der Waals surface area contributed by atoms with Crippen LogP contribution in [0.2, 0.25) is 0 Å². The average Bonchev–Trinajstić information content (AvgIpc) is 2.84. The predicted octanol–water partition coefficient (Wildman–Crippen LogP) is 1.62. The molecule has 0 aromatic carbocycles. The molecule has 0 bridgehead atoms. The zero-order valence-electron chi connectivity index (χ0n) is 10.3. The van der Waals surface area contributed by atoms with Crippen LogP contribution in [0.15, 0.2) is 0 Å². The Bertz CT molecular complexity index is 489. The van der Waals surface area contributed by atoms with Gasteiger partial charge in [0.15, 0.2) is 0 Å².